The largest absolute Gasteiger partial charge is 0.478 e. The molecule has 0 unspecified atom stereocenters. The first-order valence-corrected chi connectivity index (χ1v) is 18.7. The zero-order valence-corrected chi connectivity index (χ0v) is 30.3. The van der Waals surface area contributed by atoms with E-state index in [2.05, 4.69) is 15.6 Å². The van der Waals surface area contributed by atoms with Crippen LogP contribution in [0.5, 0.6) is 0 Å². The Kier molecular flexibility index (Phi) is 13.1. The molecule has 1 aliphatic heterocycles. The van der Waals surface area contributed by atoms with Crippen molar-refractivity contribution in [1.82, 2.24) is 10.3 Å². The van der Waals surface area contributed by atoms with Crippen molar-refractivity contribution in [2.45, 2.75) is 62.4 Å². The van der Waals surface area contributed by atoms with Crippen molar-refractivity contribution in [2.75, 3.05) is 16.8 Å². The van der Waals surface area contributed by atoms with Crippen molar-refractivity contribution in [1.29, 1.82) is 0 Å². The van der Waals surface area contributed by atoms with E-state index in [4.69, 9.17) is 15.2 Å². The molecule has 12 heteroatoms. The molecule has 4 aromatic carbocycles. The molecule has 54 heavy (non-hydrogen) atoms. The molecule has 1 aliphatic rings. The van der Waals surface area contributed by atoms with Crippen LogP contribution in [-0.2, 0) is 32.2 Å². The summed E-state index contributed by atoms with van der Waals surface area (Å²) in [6.07, 6.45) is 1.67. The number of aliphatic hydroxyl groups is 1. The molecule has 6 N–H and O–H groups in total. The van der Waals surface area contributed by atoms with E-state index in [9.17, 15) is 24.6 Å². The maximum absolute atomic E-state index is 12.7. The topological polar surface area (TPSA) is 173 Å². The quantitative estimate of drug-likeness (QED) is 0.0541. The average molecular weight is 747 g/mol. The highest BCUT2D eigenvalue weighted by atomic mass is 32.2. The van der Waals surface area contributed by atoms with E-state index < -0.39 is 12.3 Å². The summed E-state index contributed by atoms with van der Waals surface area (Å²) in [5.74, 6) is -0.905. The Morgan fingerprint density at radius 1 is 0.833 bits per heavy atom. The van der Waals surface area contributed by atoms with E-state index in [1.165, 1.54) is 17.8 Å². The molecule has 2 amide bonds. The molecule has 6 rings (SSSR count). The minimum absolute atomic E-state index is 0.0547. The van der Waals surface area contributed by atoms with Crippen molar-refractivity contribution in [3.63, 3.8) is 0 Å². The second-order valence-corrected chi connectivity index (χ2v) is 13.9. The normalized spacial score (nSPS) is 16.7. The van der Waals surface area contributed by atoms with Gasteiger partial charge in [0.15, 0.2) is 6.29 Å². The highest BCUT2D eigenvalue weighted by Crippen LogP contribution is 2.40. The Hall–Kier alpha value is -5.53. The Morgan fingerprint density at radius 2 is 1.56 bits per heavy atom. The number of aromatic nitrogens is 1. The number of nitrogens with zero attached hydrogens (tertiary/aromatic N) is 1. The second-order valence-electron chi connectivity index (χ2n) is 12.9. The van der Waals surface area contributed by atoms with E-state index in [0.717, 1.165) is 33.4 Å². The number of para-hydroxylation sites is 2. The van der Waals surface area contributed by atoms with Crippen LogP contribution in [0.15, 0.2) is 120 Å². The lowest BCUT2D eigenvalue weighted by Gasteiger charge is -2.36. The number of benzene rings is 4. The van der Waals surface area contributed by atoms with Gasteiger partial charge in [-0.15, -0.1) is 11.8 Å². The van der Waals surface area contributed by atoms with Crippen molar-refractivity contribution >= 4 is 40.9 Å². The van der Waals surface area contributed by atoms with E-state index >= 15 is 0 Å². The van der Waals surface area contributed by atoms with Crippen LogP contribution in [-0.4, -0.2) is 44.8 Å². The van der Waals surface area contributed by atoms with Gasteiger partial charge in [-0.05, 0) is 58.5 Å². The Morgan fingerprint density at radius 3 is 2.31 bits per heavy atom. The van der Waals surface area contributed by atoms with Gasteiger partial charge < -0.3 is 36.1 Å². The molecule has 3 atom stereocenters. The van der Waals surface area contributed by atoms with Crippen molar-refractivity contribution in [2.24, 2.45) is 0 Å². The van der Waals surface area contributed by atoms with E-state index in [1.807, 2.05) is 72.8 Å². The number of hydrogen-bond acceptors (Lipinski definition) is 9. The highest BCUT2D eigenvalue weighted by Gasteiger charge is 2.32. The molecule has 0 radical (unpaired) electrons. The van der Waals surface area contributed by atoms with E-state index in [-0.39, 0.29) is 49.0 Å². The first-order valence-electron chi connectivity index (χ1n) is 17.7. The smallest absolute Gasteiger partial charge is 0.338 e. The molecule has 1 fully saturated rings. The van der Waals surface area contributed by atoms with Gasteiger partial charge >= 0.3 is 5.97 Å². The summed E-state index contributed by atoms with van der Waals surface area (Å²) in [7, 11) is 0. The molecule has 5 aromatic rings. The van der Waals surface area contributed by atoms with Crippen LogP contribution >= 0.6 is 11.8 Å². The minimum atomic E-state index is -1.03. The summed E-state index contributed by atoms with van der Waals surface area (Å²) in [6.45, 7) is 0.273. The molecular formula is C42H42N4O7S. The third kappa shape index (κ3) is 10.1. The summed E-state index contributed by atoms with van der Waals surface area (Å²) in [6, 6.07) is 33.6. The number of nitrogen functional groups attached to an aromatic ring is 1. The third-order valence-electron chi connectivity index (χ3n) is 9.05. The van der Waals surface area contributed by atoms with Gasteiger partial charge in [0, 0.05) is 43.3 Å². The number of rotatable bonds is 15. The van der Waals surface area contributed by atoms with Crippen molar-refractivity contribution in [3.8, 4) is 11.1 Å². The summed E-state index contributed by atoms with van der Waals surface area (Å²) in [5.41, 5.74) is 12.5. The predicted molar refractivity (Wildman–Crippen MR) is 207 cm³/mol. The SMILES string of the molecule is Nc1ccccc1NC(=O)CCCC(=O)NCc1ccccc1-c1ccc([C@@H]2O[C@H](CSc3ncccc3C(=O)O)C[C@H](c3ccc(CO)cc3)O2)cc1. The third-order valence-corrected chi connectivity index (χ3v) is 10.2. The van der Waals surface area contributed by atoms with Gasteiger partial charge in [0.05, 0.1) is 35.8 Å². The van der Waals surface area contributed by atoms with Crippen molar-refractivity contribution < 1.29 is 34.1 Å². The summed E-state index contributed by atoms with van der Waals surface area (Å²) in [5, 5.41) is 25.4. The lowest BCUT2D eigenvalue weighted by molar-refractivity contribution is -0.245. The first kappa shape index (κ1) is 38.2. The molecule has 0 aliphatic carbocycles. The molecule has 1 saturated heterocycles. The molecule has 0 saturated carbocycles. The number of thioether (sulfide) groups is 1. The van der Waals surface area contributed by atoms with E-state index in [0.29, 0.717) is 41.5 Å². The van der Waals surface area contributed by atoms with Crippen LogP contribution in [0.1, 0.15) is 70.7 Å². The molecular weight excluding hydrogens is 705 g/mol. The zero-order valence-electron chi connectivity index (χ0n) is 29.5. The lowest BCUT2D eigenvalue weighted by atomic mass is 9.97. The van der Waals surface area contributed by atoms with Gasteiger partial charge in [-0.1, -0.05) is 84.9 Å². The monoisotopic (exact) mass is 746 g/mol. The number of carbonyl (C=O) groups excluding carboxylic acids is 2. The highest BCUT2D eigenvalue weighted by molar-refractivity contribution is 7.99. The number of pyridine rings is 1. The molecule has 1 aromatic heterocycles. The van der Waals surface area contributed by atoms with Gasteiger partial charge in [-0.3, -0.25) is 9.59 Å². The summed E-state index contributed by atoms with van der Waals surface area (Å²) < 4.78 is 13.0. The van der Waals surface area contributed by atoms with Gasteiger partial charge in [0.1, 0.15) is 5.03 Å². The number of aliphatic hydroxyl groups excluding tert-OH is 1. The number of carbonyl (C=O) groups is 3. The lowest BCUT2D eigenvalue weighted by Crippen LogP contribution is -2.31. The van der Waals surface area contributed by atoms with Gasteiger partial charge in [0.25, 0.3) is 0 Å². The number of carboxylic acids is 1. The van der Waals surface area contributed by atoms with Gasteiger partial charge in [-0.25, -0.2) is 9.78 Å². The van der Waals surface area contributed by atoms with Crippen molar-refractivity contribution in [3.05, 3.63) is 143 Å². The Bertz CT molecular complexity index is 2060. The Labute approximate surface area is 317 Å². The zero-order chi connectivity index (χ0) is 37.9. The fourth-order valence-corrected chi connectivity index (χ4v) is 7.16. The maximum atomic E-state index is 12.7. The number of amides is 2. The van der Waals surface area contributed by atoms with Crippen LogP contribution < -0.4 is 16.4 Å². The van der Waals surface area contributed by atoms with Gasteiger partial charge in [-0.2, -0.15) is 0 Å². The molecule has 2 heterocycles. The predicted octanol–water partition coefficient (Wildman–Crippen LogP) is 7.28. The number of aromatic carboxylic acids is 1. The fraction of sp³-hybridized carbons (Fsp3) is 0.238. The number of carboxylic acid groups (broad SMARTS) is 1. The van der Waals surface area contributed by atoms with E-state index in [1.54, 1.807) is 36.5 Å². The summed E-state index contributed by atoms with van der Waals surface area (Å²) in [4.78, 5) is 41.1. The number of nitrogens with two attached hydrogens (primary N) is 1. The molecule has 0 spiro atoms. The van der Waals surface area contributed by atoms with Crippen LogP contribution in [0.25, 0.3) is 11.1 Å². The van der Waals surface area contributed by atoms with Crippen LogP contribution in [0.4, 0.5) is 11.4 Å². The molecule has 11 nitrogen and oxygen atoms in total. The van der Waals surface area contributed by atoms with Crippen LogP contribution in [0, 0.1) is 0 Å². The van der Waals surface area contributed by atoms with Crippen LogP contribution in [0.2, 0.25) is 0 Å². The van der Waals surface area contributed by atoms with Crippen LogP contribution in [0.3, 0.4) is 0 Å². The molecule has 0 bridgehead atoms. The number of nitrogens with one attached hydrogen (secondary N) is 2. The average Bonchev–Trinajstić information content (AvgIpc) is 3.20. The fourth-order valence-electron chi connectivity index (χ4n) is 6.15. The minimum Gasteiger partial charge on any atom is -0.478 e. The molecule has 278 valence electrons. The first-order chi connectivity index (χ1) is 26.3. The number of hydrogen-bond donors (Lipinski definition) is 5. The number of anilines is 2. The second kappa shape index (κ2) is 18.5. The summed E-state index contributed by atoms with van der Waals surface area (Å²) >= 11 is 1.34. The standard InChI is InChI=1S/C42H42N4O7S/c43-35-10-3-4-11-36(35)46-39(49)13-5-12-38(48)45-24-31-7-1-2-8-33(31)28-18-20-30(21-19-28)42-52-32(26-54-40-34(41(50)51)9-6-22-44-40)23-37(53-42)29-16-14-27(25-47)15-17-29/h1-4,6-11,14-22,32,37,42,47H,5,12-13,23-26,43H2,(H,45,48)(H,46,49)(H,50,51)/t32-,37+,42+/m0/s1. The number of ether oxygens (including phenoxy) is 2. The Balaban J connectivity index is 1.09. The maximum Gasteiger partial charge on any atom is 0.338 e. The van der Waals surface area contributed by atoms with Gasteiger partial charge in [0.2, 0.25) is 11.8 Å².